The van der Waals surface area contributed by atoms with Gasteiger partial charge in [0.1, 0.15) is 5.01 Å². The van der Waals surface area contributed by atoms with Gasteiger partial charge in [0.25, 0.3) is 0 Å². The van der Waals surface area contributed by atoms with E-state index < -0.39 is 0 Å². The van der Waals surface area contributed by atoms with Crippen LogP contribution in [0.4, 0.5) is 0 Å². The van der Waals surface area contributed by atoms with Crippen LogP contribution in [0.3, 0.4) is 0 Å². The van der Waals surface area contributed by atoms with Crippen molar-refractivity contribution in [1.82, 2.24) is 4.98 Å². The van der Waals surface area contributed by atoms with Crippen LogP contribution in [0.2, 0.25) is 0 Å². The Labute approximate surface area is 82.7 Å². The van der Waals surface area contributed by atoms with Gasteiger partial charge in [0.2, 0.25) is 0 Å². The lowest BCUT2D eigenvalue weighted by Gasteiger charge is -1.97. The lowest BCUT2D eigenvalue weighted by atomic mass is 10.5. The van der Waals surface area contributed by atoms with Crippen molar-refractivity contribution in [3.63, 3.8) is 0 Å². The fourth-order valence-electron chi connectivity index (χ4n) is 0.933. The molecule has 0 aliphatic rings. The van der Waals surface area contributed by atoms with Crippen molar-refractivity contribution in [3.05, 3.63) is 16.1 Å². The summed E-state index contributed by atoms with van der Waals surface area (Å²) in [7, 11) is 1.67. The van der Waals surface area contributed by atoms with Gasteiger partial charge in [0.15, 0.2) is 0 Å². The van der Waals surface area contributed by atoms with E-state index in [4.69, 9.17) is 9.47 Å². The molecule has 3 nitrogen and oxygen atoms in total. The second kappa shape index (κ2) is 6.07. The molecule has 0 N–H and O–H groups in total. The molecule has 0 amide bonds. The summed E-state index contributed by atoms with van der Waals surface area (Å²) in [4.78, 5) is 4.34. The average molecular weight is 201 g/mol. The Hall–Kier alpha value is -0.450. The number of methoxy groups -OCH3 is 1. The number of thiazole rings is 1. The van der Waals surface area contributed by atoms with E-state index in [0.29, 0.717) is 13.2 Å². The van der Waals surface area contributed by atoms with E-state index in [-0.39, 0.29) is 0 Å². The molecule has 1 aromatic heterocycles. The van der Waals surface area contributed by atoms with Gasteiger partial charge in [-0.1, -0.05) is 6.92 Å². The van der Waals surface area contributed by atoms with E-state index in [0.717, 1.165) is 23.7 Å². The molecule has 0 atom stereocenters. The fraction of sp³-hybridized carbons (Fsp3) is 0.667. The summed E-state index contributed by atoms with van der Waals surface area (Å²) < 4.78 is 10.3. The largest absolute Gasteiger partial charge is 0.378 e. The Morgan fingerprint density at radius 1 is 1.46 bits per heavy atom. The molecule has 0 saturated heterocycles. The van der Waals surface area contributed by atoms with Crippen molar-refractivity contribution < 1.29 is 9.47 Å². The normalized spacial score (nSPS) is 10.6. The molecule has 0 bridgehead atoms. The first-order chi connectivity index (χ1) is 6.36. The van der Waals surface area contributed by atoms with Crippen LogP contribution >= 0.6 is 11.3 Å². The van der Waals surface area contributed by atoms with Crippen LogP contribution in [-0.4, -0.2) is 18.7 Å². The molecule has 0 aliphatic carbocycles. The summed E-state index contributed by atoms with van der Waals surface area (Å²) in [5.74, 6) is 0. The molecule has 1 heterocycles. The quantitative estimate of drug-likeness (QED) is 0.661. The highest BCUT2D eigenvalue weighted by Crippen LogP contribution is 2.11. The topological polar surface area (TPSA) is 31.4 Å². The first-order valence-corrected chi connectivity index (χ1v) is 5.24. The Kier molecular flexibility index (Phi) is 4.97. The maximum absolute atomic E-state index is 5.37. The van der Waals surface area contributed by atoms with Gasteiger partial charge in [0, 0.05) is 19.1 Å². The van der Waals surface area contributed by atoms with Crippen LogP contribution in [0.25, 0.3) is 0 Å². The van der Waals surface area contributed by atoms with Crippen LogP contribution in [0.1, 0.15) is 24.0 Å². The summed E-state index contributed by atoms with van der Waals surface area (Å²) in [5, 5.41) is 3.04. The molecule has 0 fully saturated rings. The van der Waals surface area contributed by atoms with Crippen LogP contribution in [0.5, 0.6) is 0 Å². The average Bonchev–Trinajstić information content (AvgIpc) is 2.54. The van der Waals surface area contributed by atoms with E-state index in [1.807, 2.05) is 5.38 Å². The maximum Gasteiger partial charge on any atom is 0.119 e. The van der Waals surface area contributed by atoms with E-state index in [1.165, 1.54) is 0 Å². The molecule has 0 unspecified atom stereocenters. The Balaban J connectivity index is 2.31. The van der Waals surface area contributed by atoms with Gasteiger partial charge in [-0.05, 0) is 6.42 Å². The first kappa shape index (κ1) is 10.6. The van der Waals surface area contributed by atoms with Crippen LogP contribution in [-0.2, 0) is 22.7 Å². The van der Waals surface area contributed by atoms with Crippen molar-refractivity contribution in [2.24, 2.45) is 0 Å². The molecule has 74 valence electrons. The van der Waals surface area contributed by atoms with Crippen LogP contribution < -0.4 is 0 Å². The third kappa shape index (κ3) is 3.85. The zero-order valence-corrected chi connectivity index (χ0v) is 8.89. The van der Waals surface area contributed by atoms with Crippen molar-refractivity contribution in [2.75, 3.05) is 13.7 Å². The molecular formula is C9H15NO2S. The number of rotatable bonds is 6. The Morgan fingerprint density at radius 2 is 2.31 bits per heavy atom. The number of aromatic nitrogens is 1. The van der Waals surface area contributed by atoms with Crippen molar-refractivity contribution in [3.8, 4) is 0 Å². The second-order valence-electron chi connectivity index (χ2n) is 2.72. The number of nitrogens with zero attached hydrogens (tertiary/aromatic N) is 1. The summed E-state index contributed by atoms with van der Waals surface area (Å²) in [6.45, 7) is 4.11. The minimum Gasteiger partial charge on any atom is -0.378 e. The van der Waals surface area contributed by atoms with Crippen molar-refractivity contribution in [2.45, 2.75) is 26.6 Å². The smallest absolute Gasteiger partial charge is 0.119 e. The predicted molar refractivity (Wildman–Crippen MR) is 52.8 cm³/mol. The summed E-state index contributed by atoms with van der Waals surface area (Å²) >= 11 is 1.62. The Morgan fingerprint density at radius 3 is 3.00 bits per heavy atom. The Bertz CT molecular complexity index is 237. The summed E-state index contributed by atoms with van der Waals surface area (Å²) in [5.41, 5.74) is 0.989. The maximum atomic E-state index is 5.37. The third-order valence-electron chi connectivity index (χ3n) is 1.47. The zero-order valence-electron chi connectivity index (χ0n) is 8.08. The molecular weight excluding hydrogens is 186 g/mol. The first-order valence-electron chi connectivity index (χ1n) is 4.36. The summed E-state index contributed by atoms with van der Waals surface area (Å²) in [6.07, 6.45) is 1.05. The highest BCUT2D eigenvalue weighted by Gasteiger charge is 2.00. The van der Waals surface area contributed by atoms with Crippen molar-refractivity contribution >= 4 is 11.3 Å². The van der Waals surface area contributed by atoms with Crippen molar-refractivity contribution in [1.29, 1.82) is 0 Å². The highest BCUT2D eigenvalue weighted by molar-refractivity contribution is 7.09. The summed E-state index contributed by atoms with van der Waals surface area (Å²) in [6, 6.07) is 0. The molecule has 0 saturated carbocycles. The molecule has 0 aromatic carbocycles. The van der Waals surface area contributed by atoms with Crippen LogP contribution in [0.15, 0.2) is 5.38 Å². The van der Waals surface area contributed by atoms with E-state index in [2.05, 4.69) is 11.9 Å². The van der Waals surface area contributed by atoms with E-state index in [9.17, 15) is 0 Å². The molecule has 4 heteroatoms. The lowest BCUT2D eigenvalue weighted by molar-refractivity contribution is 0.120. The van der Waals surface area contributed by atoms with Gasteiger partial charge in [-0.15, -0.1) is 11.3 Å². The molecule has 0 spiro atoms. The standard InChI is InChI=1S/C9H15NO2S/c1-3-4-12-6-9-10-8(5-11-2)7-13-9/h7H,3-6H2,1-2H3. The van der Waals surface area contributed by atoms with Gasteiger partial charge in [-0.2, -0.15) is 0 Å². The third-order valence-corrected chi connectivity index (χ3v) is 2.34. The van der Waals surface area contributed by atoms with Gasteiger partial charge >= 0.3 is 0 Å². The van der Waals surface area contributed by atoms with E-state index in [1.54, 1.807) is 18.4 Å². The molecule has 13 heavy (non-hydrogen) atoms. The monoisotopic (exact) mass is 201 g/mol. The van der Waals surface area contributed by atoms with Crippen LogP contribution in [0, 0.1) is 0 Å². The van der Waals surface area contributed by atoms with Gasteiger partial charge < -0.3 is 9.47 Å². The molecule has 1 rings (SSSR count). The molecule has 1 aromatic rings. The minimum atomic E-state index is 0.588. The highest BCUT2D eigenvalue weighted by atomic mass is 32.1. The van der Waals surface area contributed by atoms with E-state index >= 15 is 0 Å². The predicted octanol–water partition coefficient (Wildman–Crippen LogP) is 2.22. The number of hydrogen-bond donors (Lipinski definition) is 0. The SMILES string of the molecule is CCCOCc1nc(COC)cs1. The second-order valence-corrected chi connectivity index (χ2v) is 3.66. The molecule has 0 aliphatic heterocycles. The fourth-order valence-corrected chi connectivity index (χ4v) is 1.65. The lowest BCUT2D eigenvalue weighted by Crippen LogP contribution is -1.94. The van der Waals surface area contributed by atoms with Gasteiger partial charge in [-0.3, -0.25) is 0 Å². The molecule has 0 radical (unpaired) electrons. The number of hydrogen-bond acceptors (Lipinski definition) is 4. The van der Waals surface area contributed by atoms with Gasteiger partial charge in [-0.25, -0.2) is 4.98 Å². The van der Waals surface area contributed by atoms with Gasteiger partial charge in [0.05, 0.1) is 18.9 Å². The number of ether oxygens (including phenoxy) is 2. The zero-order chi connectivity index (χ0) is 9.52. The minimum absolute atomic E-state index is 0.588.